The fourth-order valence-electron chi connectivity index (χ4n) is 1.37. The number of hydrogen-bond donors (Lipinski definition) is 0. The number of nitrogens with zero attached hydrogens (tertiary/aromatic N) is 1. The lowest BCUT2D eigenvalue weighted by Crippen LogP contribution is -2.11. The molecule has 0 saturated heterocycles. The monoisotopic (exact) mass is 191 g/mol. The van der Waals surface area contributed by atoms with Crippen LogP contribution >= 0.6 is 0 Å². The molecule has 0 aliphatic carbocycles. The standard InChI is InChI=1S/C12H14FN/c1-12(2,3)7-10-9(8-14)5-4-6-11(10)13/h4-6H,7H2,1-3H3. The van der Waals surface area contributed by atoms with Crippen LogP contribution in [0.25, 0.3) is 0 Å². The van der Waals surface area contributed by atoms with Gasteiger partial charge >= 0.3 is 0 Å². The van der Waals surface area contributed by atoms with Crippen LogP contribution < -0.4 is 0 Å². The molecule has 0 heterocycles. The number of hydrogen-bond acceptors (Lipinski definition) is 1. The summed E-state index contributed by atoms with van der Waals surface area (Å²) in [6.45, 7) is 6.09. The van der Waals surface area contributed by atoms with Crippen molar-refractivity contribution >= 4 is 0 Å². The summed E-state index contributed by atoms with van der Waals surface area (Å²) in [5, 5.41) is 8.82. The molecule has 0 unspecified atom stereocenters. The van der Waals surface area contributed by atoms with Crippen molar-refractivity contribution in [3.63, 3.8) is 0 Å². The molecule has 1 rings (SSSR count). The Hall–Kier alpha value is -1.36. The van der Waals surface area contributed by atoms with Gasteiger partial charge in [-0.3, -0.25) is 0 Å². The molecular formula is C12H14FN. The first-order chi connectivity index (χ1) is 6.44. The molecule has 0 amide bonds. The van der Waals surface area contributed by atoms with Crippen molar-refractivity contribution in [1.82, 2.24) is 0 Å². The van der Waals surface area contributed by atoms with E-state index in [1.807, 2.05) is 26.8 Å². The van der Waals surface area contributed by atoms with Crippen molar-refractivity contribution < 1.29 is 4.39 Å². The largest absolute Gasteiger partial charge is 0.207 e. The lowest BCUT2D eigenvalue weighted by atomic mass is 9.86. The molecule has 14 heavy (non-hydrogen) atoms. The van der Waals surface area contributed by atoms with Gasteiger partial charge in [0.05, 0.1) is 11.6 Å². The van der Waals surface area contributed by atoms with E-state index in [2.05, 4.69) is 0 Å². The number of benzene rings is 1. The Balaban J connectivity index is 3.13. The van der Waals surface area contributed by atoms with Crippen molar-refractivity contribution in [2.75, 3.05) is 0 Å². The molecule has 0 aliphatic heterocycles. The second kappa shape index (κ2) is 3.79. The second-order valence-electron chi connectivity index (χ2n) is 4.62. The lowest BCUT2D eigenvalue weighted by molar-refractivity contribution is 0.401. The SMILES string of the molecule is CC(C)(C)Cc1c(F)cccc1C#N. The molecule has 1 aromatic carbocycles. The van der Waals surface area contributed by atoms with Crippen LogP contribution in [0.3, 0.4) is 0 Å². The molecule has 0 N–H and O–H groups in total. The third-order valence-corrected chi connectivity index (χ3v) is 1.95. The number of rotatable bonds is 1. The maximum atomic E-state index is 13.4. The van der Waals surface area contributed by atoms with E-state index in [0.717, 1.165) is 0 Å². The Morgan fingerprint density at radius 1 is 1.36 bits per heavy atom. The summed E-state index contributed by atoms with van der Waals surface area (Å²) in [4.78, 5) is 0. The van der Waals surface area contributed by atoms with Crippen molar-refractivity contribution in [2.45, 2.75) is 27.2 Å². The van der Waals surface area contributed by atoms with Gasteiger partial charge in [0.2, 0.25) is 0 Å². The highest BCUT2D eigenvalue weighted by atomic mass is 19.1. The van der Waals surface area contributed by atoms with Crippen LogP contribution in [-0.2, 0) is 6.42 Å². The van der Waals surface area contributed by atoms with Gasteiger partial charge in [-0.15, -0.1) is 0 Å². The van der Waals surface area contributed by atoms with Crippen molar-refractivity contribution in [3.8, 4) is 6.07 Å². The average Bonchev–Trinajstić information content (AvgIpc) is 2.06. The quantitative estimate of drug-likeness (QED) is 0.668. The van der Waals surface area contributed by atoms with Crippen molar-refractivity contribution in [3.05, 3.63) is 35.1 Å². The van der Waals surface area contributed by atoms with Crippen LogP contribution in [-0.4, -0.2) is 0 Å². The minimum Gasteiger partial charge on any atom is -0.207 e. The van der Waals surface area contributed by atoms with Gasteiger partial charge in [0.1, 0.15) is 5.82 Å². The van der Waals surface area contributed by atoms with Crippen LogP contribution in [0, 0.1) is 22.6 Å². The molecule has 74 valence electrons. The first-order valence-electron chi connectivity index (χ1n) is 4.61. The Labute approximate surface area is 84.2 Å². The van der Waals surface area contributed by atoms with E-state index < -0.39 is 0 Å². The Morgan fingerprint density at radius 2 is 2.00 bits per heavy atom. The maximum absolute atomic E-state index is 13.4. The average molecular weight is 191 g/mol. The third-order valence-electron chi connectivity index (χ3n) is 1.95. The molecular weight excluding hydrogens is 177 g/mol. The Bertz CT molecular complexity index is 369. The Kier molecular flexibility index (Phi) is 2.90. The van der Waals surface area contributed by atoms with Gasteiger partial charge in [-0.25, -0.2) is 4.39 Å². The van der Waals surface area contributed by atoms with E-state index in [9.17, 15) is 4.39 Å². The Morgan fingerprint density at radius 3 is 2.50 bits per heavy atom. The second-order valence-corrected chi connectivity index (χ2v) is 4.62. The lowest BCUT2D eigenvalue weighted by Gasteiger charge is -2.19. The molecule has 1 aromatic rings. The van der Waals surface area contributed by atoms with E-state index in [0.29, 0.717) is 17.5 Å². The highest BCUT2D eigenvalue weighted by Crippen LogP contribution is 2.24. The van der Waals surface area contributed by atoms with Gasteiger partial charge in [0.15, 0.2) is 0 Å². The summed E-state index contributed by atoms with van der Waals surface area (Å²) in [7, 11) is 0. The summed E-state index contributed by atoms with van der Waals surface area (Å²) in [6.07, 6.45) is 0.586. The third kappa shape index (κ3) is 2.56. The fraction of sp³-hybridized carbons (Fsp3) is 0.417. The topological polar surface area (TPSA) is 23.8 Å². The summed E-state index contributed by atoms with van der Waals surface area (Å²) < 4.78 is 13.4. The summed E-state index contributed by atoms with van der Waals surface area (Å²) in [5.74, 6) is -0.279. The highest BCUT2D eigenvalue weighted by molar-refractivity contribution is 5.38. The van der Waals surface area contributed by atoms with Gasteiger partial charge in [-0.1, -0.05) is 26.8 Å². The first kappa shape index (κ1) is 10.7. The molecule has 0 radical (unpaired) electrons. The molecule has 0 atom stereocenters. The van der Waals surface area contributed by atoms with E-state index in [1.165, 1.54) is 6.07 Å². The number of nitriles is 1. The van der Waals surface area contributed by atoms with E-state index in [1.54, 1.807) is 12.1 Å². The van der Waals surface area contributed by atoms with Gasteiger partial charge in [-0.05, 0) is 24.0 Å². The van der Waals surface area contributed by atoms with Gasteiger partial charge in [0.25, 0.3) is 0 Å². The molecule has 0 bridgehead atoms. The van der Waals surface area contributed by atoms with Crippen LogP contribution in [0.4, 0.5) is 4.39 Å². The molecule has 1 nitrogen and oxygen atoms in total. The predicted molar refractivity (Wildman–Crippen MR) is 54.3 cm³/mol. The van der Waals surface area contributed by atoms with Crippen LogP contribution in [0.5, 0.6) is 0 Å². The molecule has 0 spiro atoms. The zero-order chi connectivity index (χ0) is 10.8. The van der Waals surface area contributed by atoms with E-state index >= 15 is 0 Å². The predicted octanol–water partition coefficient (Wildman–Crippen LogP) is 3.29. The molecule has 0 saturated carbocycles. The normalized spacial score (nSPS) is 11.1. The van der Waals surface area contributed by atoms with Crippen LogP contribution in [0.15, 0.2) is 18.2 Å². The van der Waals surface area contributed by atoms with Crippen LogP contribution in [0.2, 0.25) is 0 Å². The molecule has 0 aromatic heterocycles. The minimum absolute atomic E-state index is 0.00616. The highest BCUT2D eigenvalue weighted by Gasteiger charge is 2.17. The number of halogens is 1. The molecule has 0 fully saturated rings. The minimum atomic E-state index is -0.279. The smallest absolute Gasteiger partial charge is 0.127 e. The zero-order valence-corrected chi connectivity index (χ0v) is 8.76. The summed E-state index contributed by atoms with van der Waals surface area (Å²) in [5.41, 5.74) is 0.968. The maximum Gasteiger partial charge on any atom is 0.127 e. The summed E-state index contributed by atoms with van der Waals surface area (Å²) in [6, 6.07) is 6.65. The van der Waals surface area contributed by atoms with E-state index in [4.69, 9.17) is 5.26 Å². The van der Waals surface area contributed by atoms with Crippen molar-refractivity contribution in [1.29, 1.82) is 5.26 Å². The fourth-order valence-corrected chi connectivity index (χ4v) is 1.37. The van der Waals surface area contributed by atoms with Gasteiger partial charge in [0, 0.05) is 5.56 Å². The van der Waals surface area contributed by atoms with Crippen molar-refractivity contribution in [2.24, 2.45) is 5.41 Å². The molecule has 0 aliphatic rings. The van der Waals surface area contributed by atoms with Crippen LogP contribution in [0.1, 0.15) is 31.9 Å². The van der Waals surface area contributed by atoms with Gasteiger partial charge in [-0.2, -0.15) is 5.26 Å². The molecule has 2 heteroatoms. The van der Waals surface area contributed by atoms with Gasteiger partial charge < -0.3 is 0 Å². The summed E-state index contributed by atoms with van der Waals surface area (Å²) >= 11 is 0. The zero-order valence-electron chi connectivity index (χ0n) is 8.76. The first-order valence-corrected chi connectivity index (χ1v) is 4.61. The van der Waals surface area contributed by atoms with E-state index in [-0.39, 0.29) is 11.2 Å².